The lowest BCUT2D eigenvalue weighted by atomic mass is 9.75. The SMILES string of the molecule is CC(C)[C@@H]1CC[C@@H](C)C[C@H]1OP(=O)(c1ccccc1)[C@H](N[C@H](C)c1ccccc1)c1ccccc1Br. The second kappa shape index (κ2) is 12.2. The van der Waals surface area contributed by atoms with Crippen LogP contribution < -0.4 is 10.6 Å². The summed E-state index contributed by atoms with van der Waals surface area (Å²) in [6.45, 7) is 8.96. The molecule has 1 fully saturated rings. The summed E-state index contributed by atoms with van der Waals surface area (Å²) in [6, 6.07) is 28.2. The molecule has 3 nitrogen and oxygen atoms in total. The van der Waals surface area contributed by atoms with Crippen molar-refractivity contribution in [1.82, 2.24) is 5.32 Å². The number of hydrogen-bond donors (Lipinski definition) is 1. The molecule has 4 rings (SSSR count). The van der Waals surface area contributed by atoms with E-state index in [-0.39, 0.29) is 12.1 Å². The molecule has 0 aliphatic heterocycles. The van der Waals surface area contributed by atoms with Gasteiger partial charge in [-0.15, -0.1) is 0 Å². The van der Waals surface area contributed by atoms with E-state index in [4.69, 9.17) is 4.52 Å². The lowest BCUT2D eigenvalue weighted by molar-refractivity contribution is 0.0479. The Balaban J connectivity index is 1.82. The molecule has 1 saturated carbocycles. The summed E-state index contributed by atoms with van der Waals surface area (Å²) < 4.78 is 23.4. The predicted octanol–water partition coefficient (Wildman–Crippen LogP) is 8.88. The van der Waals surface area contributed by atoms with Gasteiger partial charge in [0.25, 0.3) is 7.37 Å². The van der Waals surface area contributed by atoms with E-state index >= 15 is 4.57 Å². The molecule has 6 atom stereocenters. The van der Waals surface area contributed by atoms with Gasteiger partial charge in [0, 0.05) is 15.8 Å². The quantitative estimate of drug-likeness (QED) is 0.262. The lowest BCUT2D eigenvalue weighted by Crippen LogP contribution is -2.37. The minimum absolute atomic E-state index is 0.0184. The predicted molar refractivity (Wildman–Crippen MR) is 155 cm³/mol. The zero-order valence-electron chi connectivity index (χ0n) is 21.8. The van der Waals surface area contributed by atoms with Gasteiger partial charge in [0.15, 0.2) is 0 Å². The van der Waals surface area contributed by atoms with Crippen LogP contribution in [0.5, 0.6) is 0 Å². The Morgan fingerprint density at radius 1 is 0.889 bits per heavy atom. The van der Waals surface area contributed by atoms with Crippen molar-refractivity contribution in [1.29, 1.82) is 0 Å². The molecule has 0 amide bonds. The molecule has 3 aromatic carbocycles. The molecule has 5 heteroatoms. The van der Waals surface area contributed by atoms with Gasteiger partial charge in [0.05, 0.1) is 6.10 Å². The summed E-state index contributed by atoms with van der Waals surface area (Å²) in [5.41, 5.74) is 2.11. The van der Waals surface area contributed by atoms with Gasteiger partial charge in [0.1, 0.15) is 5.78 Å². The normalized spacial score (nSPS) is 23.7. The molecule has 3 aromatic rings. The third-order valence-corrected chi connectivity index (χ3v) is 11.0. The van der Waals surface area contributed by atoms with E-state index in [0.717, 1.165) is 33.7 Å². The molecule has 0 bridgehead atoms. The molecule has 0 aromatic heterocycles. The van der Waals surface area contributed by atoms with Crippen LogP contribution in [0, 0.1) is 17.8 Å². The van der Waals surface area contributed by atoms with Gasteiger partial charge in [-0.1, -0.05) is 110 Å². The Morgan fingerprint density at radius 2 is 1.50 bits per heavy atom. The standard InChI is InChI=1S/C31H39BrNO2P/c1-22(2)27-20-19-23(3)21-30(27)35-36(34,26-15-9-6-10-16-26)31(28-17-11-12-18-29(28)32)33-24(4)25-13-7-5-8-14-25/h5-18,22-24,27,30-31,33H,19-21H2,1-4H3/t23-,24-,27+,30-,31+,36?/m1/s1. The van der Waals surface area contributed by atoms with Crippen molar-refractivity contribution in [2.45, 2.75) is 64.9 Å². The van der Waals surface area contributed by atoms with E-state index in [1.165, 1.54) is 6.42 Å². The first-order chi connectivity index (χ1) is 17.3. The molecule has 192 valence electrons. The number of nitrogens with one attached hydrogen (secondary N) is 1. The van der Waals surface area contributed by atoms with E-state index in [1.807, 2.05) is 66.7 Å². The van der Waals surface area contributed by atoms with Crippen LogP contribution in [0.15, 0.2) is 89.4 Å². The van der Waals surface area contributed by atoms with E-state index < -0.39 is 13.2 Å². The van der Waals surface area contributed by atoms with Gasteiger partial charge in [-0.3, -0.25) is 9.88 Å². The summed E-state index contributed by atoms with van der Waals surface area (Å²) in [5, 5.41) is 4.52. The van der Waals surface area contributed by atoms with Gasteiger partial charge < -0.3 is 4.52 Å². The summed E-state index contributed by atoms with van der Waals surface area (Å²) >= 11 is 3.76. The maximum Gasteiger partial charge on any atom is 0.253 e. The average molecular weight is 569 g/mol. The highest BCUT2D eigenvalue weighted by molar-refractivity contribution is 9.10. The van der Waals surface area contributed by atoms with Crippen molar-refractivity contribution in [2.24, 2.45) is 17.8 Å². The Bertz CT molecular complexity index is 1150. The van der Waals surface area contributed by atoms with E-state index in [0.29, 0.717) is 17.8 Å². The first kappa shape index (κ1) is 27.3. The van der Waals surface area contributed by atoms with Gasteiger partial charge in [-0.25, -0.2) is 0 Å². The zero-order chi connectivity index (χ0) is 25.7. The molecule has 36 heavy (non-hydrogen) atoms. The van der Waals surface area contributed by atoms with Crippen molar-refractivity contribution >= 4 is 28.6 Å². The summed E-state index contributed by atoms with van der Waals surface area (Å²) in [6.07, 6.45) is 3.22. The largest absolute Gasteiger partial charge is 0.320 e. The van der Waals surface area contributed by atoms with Crippen molar-refractivity contribution in [2.75, 3.05) is 0 Å². The first-order valence-electron chi connectivity index (χ1n) is 13.2. The van der Waals surface area contributed by atoms with E-state index in [2.05, 4.69) is 67.1 Å². The van der Waals surface area contributed by atoms with E-state index in [1.54, 1.807) is 0 Å². The van der Waals surface area contributed by atoms with Crippen molar-refractivity contribution in [3.8, 4) is 0 Å². The Morgan fingerprint density at radius 3 is 2.14 bits per heavy atom. The number of rotatable bonds is 9. The molecule has 0 radical (unpaired) electrons. The van der Waals surface area contributed by atoms with Crippen LogP contribution in [0.4, 0.5) is 0 Å². The smallest absolute Gasteiger partial charge is 0.253 e. The molecule has 1 unspecified atom stereocenters. The van der Waals surface area contributed by atoms with Crippen LogP contribution in [0.25, 0.3) is 0 Å². The van der Waals surface area contributed by atoms with Crippen molar-refractivity contribution in [3.05, 3.63) is 101 Å². The van der Waals surface area contributed by atoms with Crippen molar-refractivity contribution < 1.29 is 9.09 Å². The molecule has 1 N–H and O–H groups in total. The highest BCUT2D eigenvalue weighted by Gasteiger charge is 2.44. The average Bonchev–Trinajstić information content (AvgIpc) is 2.88. The highest BCUT2D eigenvalue weighted by Crippen LogP contribution is 2.61. The molecule has 0 heterocycles. The molecular formula is C31H39BrNO2P. The van der Waals surface area contributed by atoms with Crippen LogP contribution >= 0.6 is 23.3 Å². The van der Waals surface area contributed by atoms with Gasteiger partial charge in [-0.05, 0) is 66.8 Å². The molecule has 0 spiro atoms. The first-order valence-corrected chi connectivity index (χ1v) is 15.7. The van der Waals surface area contributed by atoms with Crippen LogP contribution in [0.1, 0.15) is 69.9 Å². The van der Waals surface area contributed by atoms with Crippen LogP contribution in [-0.2, 0) is 9.09 Å². The van der Waals surface area contributed by atoms with Gasteiger partial charge in [-0.2, -0.15) is 0 Å². The Kier molecular flexibility index (Phi) is 9.28. The minimum Gasteiger partial charge on any atom is -0.320 e. The monoisotopic (exact) mass is 567 g/mol. The third-order valence-electron chi connectivity index (χ3n) is 7.62. The molecule has 0 saturated heterocycles. The zero-order valence-corrected chi connectivity index (χ0v) is 24.3. The maximum atomic E-state index is 15.5. The van der Waals surface area contributed by atoms with Crippen LogP contribution in [0.3, 0.4) is 0 Å². The molecule has 1 aliphatic carbocycles. The second-order valence-electron chi connectivity index (χ2n) is 10.6. The second-order valence-corrected chi connectivity index (χ2v) is 13.9. The summed E-state index contributed by atoms with van der Waals surface area (Å²) in [5.74, 6) is 0.928. The van der Waals surface area contributed by atoms with Crippen molar-refractivity contribution in [3.63, 3.8) is 0 Å². The van der Waals surface area contributed by atoms with Gasteiger partial charge in [0.2, 0.25) is 0 Å². The van der Waals surface area contributed by atoms with E-state index in [9.17, 15) is 0 Å². The number of hydrogen-bond acceptors (Lipinski definition) is 3. The fraction of sp³-hybridized carbons (Fsp3) is 0.419. The lowest BCUT2D eigenvalue weighted by Gasteiger charge is -2.41. The highest BCUT2D eigenvalue weighted by atomic mass is 79.9. The molecular weight excluding hydrogens is 529 g/mol. The summed E-state index contributed by atoms with van der Waals surface area (Å²) in [4.78, 5) is 0. The minimum atomic E-state index is -3.42. The topological polar surface area (TPSA) is 38.3 Å². The maximum absolute atomic E-state index is 15.5. The number of benzene rings is 3. The third kappa shape index (κ3) is 6.22. The number of halogens is 1. The van der Waals surface area contributed by atoms with Gasteiger partial charge >= 0.3 is 0 Å². The molecule has 1 aliphatic rings. The van der Waals surface area contributed by atoms with Crippen LogP contribution in [0.2, 0.25) is 0 Å². The summed E-state index contributed by atoms with van der Waals surface area (Å²) in [7, 11) is -3.42. The Hall–Kier alpha value is -1.71. The Labute approximate surface area is 225 Å². The fourth-order valence-electron chi connectivity index (χ4n) is 5.49. The fourth-order valence-corrected chi connectivity index (χ4v) is 8.96. The van der Waals surface area contributed by atoms with Crippen LogP contribution in [-0.4, -0.2) is 6.10 Å².